The zero-order valence-corrected chi connectivity index (χ0v) is 12.6. The number of hydrogen-bond donors (Lipinski definition) is 4. The van der Waals surface area contributed by atoms with Gasteiger partial charge in [-0.05, 0) is 24.3 Å². The van der Waals surface area contributed by atoms with Crippen LogP contribution in [0, 0.1) is 0 Å². The molecule has 2 rings (SSSR count). The molecule has 120 valence electrons. The predicted octanol–water partition coefficient (Wildman–Crippen LogP) is 0.363. The molecule has 0 saturated carbocycles. The Kier molecular flexibility index (Phi) is 5.86. The Morgan fingerprint density at radius 1 is 0.696 bits per heavy atom. The van der Waals surface area contributed by atoms with Crippen LogP contribution in [0.4, 0.5) is 11.4 Å². The SMILES string of the molecule is Nc1ccc(-c2ccc(N)cc2S(=O)(=O)O)c(S(=O)(=O)O)c1.[NaH]. The van der Waals surface area contributed by atoms with Crippen molar-refractivity contribution in [2.75, 3.05) is 11.5 Å². The van der Waals surface area contributed by atoms with Crippen LogP contribution in [-0.2, 0) is 20.2 Å². The number of hydrogen-bond acceptors (Lipinski definition) is 6. The van der Waals surface area contributed by atoms with Crippen molar-refractivity contribution in [3.8, 4) is 11.1 Å². The van der Waals surface area contributed by atoms with Gasteiger partial charge in [0.1, 0.15) is 9.79 Å². The summed E-state index contributed by atoms with van der Waals surface area (Å²) >= 11 is 0. The van der Waals surface area contributed by atoms with Gasteiger partial charge in [-0.3, -0.25) is 9.11 Å². The first-order chi connectivity index (χ1) is 10.00. The molecule has 0 saturated heterocycles. The summed E-state index contributed by atoms with van der Waals surface area (Å²) in [5, 5.41) is 0. The zero-order valence-electron chi connectivity index (χ0n) is 11.0. The second kappa shape index (κ2) is 6.77. The number of nitrogens with two attached hydrogens (primary N) is 2. The Hall–Kier alpha value is -1.14. The summed E-state index contributed by atoms with van der Waals surface area (Å²) in [6, 6.07) is 7.06. The molecular formula is C12H13N2NaO6S2. The molecule has 11 heteroatoms. The van der Waals surface area contributed by atoms with Crippen molar-refractivity contribution in [1.82, 2.24) is 0 Å². The first kappa shape index (κ1) is 19.9. The molecule has 0 spiro atoms. The minimum absolute atomic E-state index is 0. The second-order valence-corrected chi connectivity index (χ2v) is 7.24. The van der Waals surface area contributed by atoms with Gasteiger partial charge >= 0.3 is 29.6 Å². The Morgan fingerprint density at radius 2 is 1.00 bits per heavy atom. The monoisotopic (exact) mass is 368 g/mol. The summed E-state index contributed by atoms with van der Waals surface area (Å²) < 4.78 is 64.4. The van der Waals surface area contributed by atoms with E-state index in [9.17, 15) is 25.9 Å². The molecule has 2 aromatic carbocycles. The number of nitrogen functional groups attached to an aromatic ring is 2. The molecule has 2 aromatic rings. The fourth-order valence-corrected chi connectivity index (χ4v) is 3.43. The van der Waals surface area contributed by atoms with Gasteiger partial charge in [-0.15, -0.1) is 0 Å². The molecule has 6 N–H and O–H groups in total. The van der Waals surface area contributed by atoms with E-state index < -0.39 is 30.0 Å². The van der Waals surface area contributed by atoms with Gasteiger partial charge in [0.05, 0.1) is 0 Å². The molecule has 0 aromatic heterocycles. The zero-order chi connectivity index (χ0) is 16.7. The van der Waals surface area contributed by atoms with E-state index in [2.05, 4.69) is 0 Å². The van der Waals surface area contributed by atoms with Gasteiger partial charge in [0, 0.05) is 22.5 Å². The second-order valence-electron chi connectivity index (χ2n) is 4.46. The molecule has 0 heterocycles. The quantitative estimate of drug-likeness (QED) is 0.343. The van der Waals surface area contributed by atoms with Crippen LogP contribution in [0.15, 0.2) is 46.2 Å². The third-order valence-corrected chi connectivity index (χ3v) is 4.64. The molecule has 0 radical (unpaired) electrons. The first-order valence-electron chi connectivity index (χ1n) is 5.74. The molecule has 0 fully saturated rings. The fraction of sp³-hybridized carbons (Fsp3) is 0. The van der Waals surface area contributed by atoms with E-state index in [1.807, 2.05) is 0 Å². The van der Waals surface area contributed by atoms with Crippen molar-refractivity contribution in [2.45, 2.75) is 9.79 Å². The van der Waals surface area contributed by atoms with E-state index >= 15 is 0 Å². The predicted molar refractivity (Wildman–Crippen MR) is 87.5 cm³/mol. The van der Waals surface area contributed by atoms with Crippen LogP contribution < -0.4 is 11.5 Å². The number of benzene rings is 2. The van der Waals surface area contributed by atoms with Crippen LogP contribution >= 0.6 is 0 Å². The topological polar surface area (TPSA) is 161 Å². The normalized spacial score (nSPS) is 11.7. The summed E-state index contributed by atoms with van der Waals surface area (Å²) in [5.74, 6) is 0. The molecule has 23 heavy (non-hydrogen) atoms. The molecule has 0 aliphatic heterocycles. The summed E-state index contributed by atoms with van der Waals surface area (Å²) in [5.41, 5.74) is 10.8. The van der Waals surface area contributed by atoms with Crippen LogP contribution in [0.1, 0.15) is 0 Å². The maximum atomic E-state index is 11.5. The van der Waals surface area contributed by atoms with Crippen molar-refractivity contribution in [3.63, 3.8) is 0 Å². The summed E-state index contributed by atoms with van der Waals surface area (Å²) in [6.07, 6.45) is 0. The molecular weight excluding hydrogens is 355 g/mol. The summed E-state index contributed by atoms with van der Waals surface area (Å²) in [7, 11) is -9.33. The van der Waals surface area contributed by atoms with Gasteiger partial charge in [-0.2, -0.15) is 16.8 Å². The average molecular weight is 368 g/mol. The van der Waals surface area contributed by atoms with Gasteiger partial charge in [-0.25, -0.2) is 0 Å². The van der Waals surface area contributed by atoms with Crippen molar-refractivity contribution in [1.29, 1.82) is 0 Å². The third-order valence-electron chi connectivity index (χ3n) is 2.86. The van der Waals surface area contributed by atoms with Crippen LogP contribution in [0.25, 0.3) is 11.1 Å². The van der Waals surface area contributed by atoms with Crippen molar-refractivity contribution >= 4 is 61.2 Å². The summed E-state index contributed by atoms with van der Waals surface area (Å²) in [6.45, 7) is 0. The summed E-state index contributed by atoms with van der Waals surface area (Å²) in [4.78, 5) is -1.16. The van der Waals surface area contributed by atoms with Gasteiger partial charge in [-0.1, -0.05) is 12.1 Å². The third kappa shape index (κ3) is 4.44. The van der Waals surface area contributed by atoms with Crippen molar-refractivity contribution in [2.24, 2.45) is 0 Å². The Morgan fingerprint density at radius 3 is 1.26 bits per heavy atom. The molecule has 0 atom stereocenters. The van der Waals surface area contributed by atoms with E-state index in [1.54, 1.807) is 0 Å². The van der Waals surface area contributed by atoms with Crippen LogP contribution in [0.2, 0.25) is 0 Å². The maximum absolute atomic E-state index is 11.5. The standard InChI is InChI=1S/C12H12N2O6S2.Na.H/c13-7-1-3-9(11(5-7)21(15,16)17)10-4-2-8(14)6-12(10)22(18,19)20;;/h1-6H,13-14H2,(H,15,16,17)(H,18,19,20);;. The van der Waals surface area contributed by atoms with Gasteiger partial charge < -0.3 is 11.5 Å². The van der Waals surface area contributed by atoms with E-state index in [-0.39, 0.29) is 52.1 Å². The van der Waals surface area contributed by atoms with E-state index in [1.165, 1.54) is 24.3 Å². The number of anilines is 2. The van der Waals surface area contributed by atoms with E-state index in [0.717, 1.165) is 12.1 Å². The average Bonchev–Trinajstić information content (AvgIpc) is 2.37. The molecule has 0 aliphatic rings. The van der Waals surface area contributed by atoms with Crippen molar-refractivity contribution in [3.05, 3.63) is 36.4 Å². The molecule has 0 amide bonds. The van der Waals surface area contributed by atoms with Gasteiger partial charge in [0.2, 0.25) is 0 Å². The molecule has 0 unspecified atom stereocenters. The van der Waals surface area contributed by atoms with Crippen LogP contribution in [-0.4, -0.2) is 55.5 Å². The van der Waals surface area contributed by atoms with Gasteiger partial charge in [0.15, 0.2) is 0 Å². The Labute approximate surface area is 155 Å². The van der Waals surface area contributed by atoms with Gasteiger partial charge in [0.25, 0.3) is 20.2 Å². The molecule has 8 nitrogen and oxygen atoms in total. The first-order valence-corrected chi connectivity index (χ1v) is 8.62. The van der Waals surface area contributed by atoms with Crippen LogP contribution in [0.5, 0.6) is 0 Å². The van der Waals surface area contributed by atoms with E-state index in [0.29, 0.717) is 0 Å². The fourth-order valence-electron chi connectivity index (χ4n) is 1.95. The van der Waals surface area contributed by atoms with E-state index in [4.69, 9.17) is 11.5 Å². The minimum atomic E-state index is -4.66. The Balaban J connectivity index is 0.00000264. The van der Waals surface area contributed by atoms with Crippen molar-refractivity contribution < 1.29 is 25.9 Å². The number of rotatable bonds is 3. The molecule has 0 bridgehead atoms. The Bertz CT molecular complexity index is 878. The van der Waals surface area contributed by atoms with Crippen LogP contribution in [0.3, 0.4) is 0 Å². The molecule has 0 aliphatic carbocycles.